The number of amides is 1. The molecule has 5 heteroatoms. The molecule has 0 atom stereocenters. The van der Waals surface area contributed by atoms with Crippen LogP contribution in [-0.2, 0) is 23.2 Å². The Morgan fingerprint density at radius 2 is 1.90 bits per heavy atom. The predicted molar refractivity (Wildman–Crippen MR) is 123 cm³/mol. The van der Waals surface area contributed by atoms with Crippen LogP contribution in [-0.4, -0.2) is 17.5 Å². The van der Waals surface area contributed by atoms with Crippen LogP contribution in [0.1, 0.15) is 50.3 Å². The summed E-state index contributed by atoms with van der Waals surface area (Å²) in [5, 5.41) is 3.24. The number of nitrogens with zero attached hydrogens (tertiary/aromatic N) is 2. The Bertz CT molecular complexity index is 1050. The van der Waals surface area contributed by atoms with Crippen molar-refractivity contribution in [2.45, 2.75) is 52.5 Å². The van der Waals surface area contributed by atoms with Gasteiger partial charge in [0.1, 0.15) is 5.75 Å². The van der Waals surface area contributed by atoms with Crippen LogP contribution in [0.3, 0.4) is 0 Å². The summed E-state index contributed by atoms with van der Waals surface area (Å²) in [7, 11) is 0. The van der Waals surface area contributed by atoms with Crippen LogP contribution in [0.25, 0.3) is 11.3 Å². The Morgan fingerprint density at radius 1 is 1.13 bits per heavy atom. The van der Waals surface area contributed by atoms with E-state index in [0.29, 0.717) is 6.54 Å². The first-order valence-electron chi connectivity index (χ1n) is 10.5. The van der Waals surface area contributed by atoms with E-state index in [9.17, 15) is 4.79 Å². The normalized spacial score (nSPS) is 13.9. The molecule has 0 saturated heterocycles. The summed E-state index contributed by atoms with van der Waals surface area (Å²) < 4.78 is 5.69. The lowest BCUT2D eigenvalue weighted by Crippen LogP contribution is -2.38. The molecular weight excluding hydrogens is 392 g/mol. The molecule has 3 aromatic rings. The molecule has 1 amide bonds. The lowest BCUT2D eigenvalue weighted by Gasteiger charge is -2.30. The maximum Gasteiger partial charge on any atom is 0.265 e. The number of thiazole rings is 1. The van der Waals surface area contributed by atoms with Crippen LogP contribution in [0.15, 0.2) is 47.8 Å². The van der Waals surface area contributed by atoms with Gasteiger partial charge in [0.05, 0.1) is 22.9 Å². The summed E-state index contributed by atoms with van der Waals surface area (Å²) in [5.41, 5.74) is 5.28. The second-order valence-corrected chi connectivity index (χ2v) is 9.72. The molecule has 1 aliphatic rings. The third-order valence-electron chi connectivity index (χ3n) is 5.37. The molecule has 0 fully saturated rings. The Balaban J connectivity index is 1.63. The summed E-state index contributed by atoms with van der Waals surface area (Å²) in [4.78, 5) is 19.3. The Morgan fingerprint density at radius 3 is 2.60 bits per heavy atom. The fourth-order valence-electron chi connectivity index (χ4n) is 3.60. The average Bonchev–Trinajstić information content (AvgIpc) is 3.18. The highest BCUT2D eigenvalue weighted by Gasteiger charge is 2.26. The third kappa shape index (κ3) is 4.26. The molecular formula is C25H28N2O2S. The zero-order valence-corrected chi connectivity index (χ0v) is 18.9. The smallest absolute Gasteiger partial charge is 0.265 e. The zero-order valence-electron chi connectivity index (χ0n) is 18.1. The van der Waals surface area contributed by atoms with Gasteiger partial charge in [0, 0.05) is 10.9 Å². The molecule has 0 radical (unpaired) electrons. The average molecular weight is 421 g/mol. The minimum Gasteiger partial charge on any atom is -0.482 e. The highest BCUT2D eigenvalue weighted by atomic mass is 32.1. The van der Waals surface area contributed by atoms with Crippen LogP contribution in [0.4, 0.5) is 5.69 Å². The Labute approximate surface area is 182 Å². The van der Waals surface area contributed by atoms with Gasteiger partial charge in [0.15, 0.2) is 6.61 Å². The molecule has 0 unspecified atom stereocenters. The number of carbonyl (C=O) groups excluding carboxylic acids is 1. The number of fused-ring (bicyclic) bond motifs is 1. The maximum absolute atomic E-state index is 12.7. The molecule has 1 aromatic heterocycles. The lowest BCUT2D eigenvalue weighted by atomic mass is 9.87. The number of aryl methyl sites for hydroxylation is 1. The summed E-state index contributed by atoms with van der Waals surface area (Å²) >= 11 is 1.69. The number of benzene rings is 2. The van der Waals surface area contributed by atoms with Gasteiger partial charge in [0.25, 0.3) is 5.91 Å². The van der Waals surface area contributed by atoms with Gasteiger partial charge in [-0.15, -0.1) is 11.3 Å². The standard InChI is InChI=1S/C25H28N2O2S/c1-5-6-23-26-20(16-30-23)18-9-12-22-21(13-18)27(24(28)15-29-22)14-17-7-10-19(11-8-17)25(2,3)4/h7-13,16H,5-6,14-15H2,1-4H3. The Kier molecular flexibility index (Phi) is 5.65. The first-order chi connectivity index (χ1) is 14.3. The Hall–Kier alpha value is -2.66. The molecule has 30 heavy (non-hydrogen) atoms. The van der Waals surface area contributed by atoms with Crippen LogP contribution in [0.2, 0.25) is 0 Å². The van der Waals surface area contributed by atoms with Crippen LogP contribution >= 0.6 is 11.3 Å². The van der Waals surface area contributed by atoms with Crippen LogP contribution < -0.4 is 9.64 Å². The highest BCUT2D eigenvalue weighted by molar-refractivity contribution is 7.09. The monoisotopic (exact) mass is 420 g/mol. The van der Waals surface area contributed by atoms with Gasteiger partial charge >= 0.3 is 0 Å². The van der Waals surface area contributed by atoms with Gasteiger partial charge in [-0.3, -0.25) is 4.79 Å². The van der Waals surface area contributed by atoms with E-state index in [2.05, 4.69) is 57.3 Å². The van der Waals surface area contributed by atoms with Gasteiger partial charge < -0.3 is 9.64 Å². The minimum atomic E-state index is -0.0236. The molecule has 0 aliphatic carbocycles. The summed E-state index contributed by atoms with van der Waals surface area (Å²) in [5.74, 6) is 0.721. The molecule has 0 bridgehead atoms. The molecule has 4 nitrogen and oxygen atoms in total. The first-order valence-corrected chi connectivity index (χ1v) is 11.3. The number of aromatic nitrogens is 1. The van der Waals surface area contributed by atoms with Crippen molar-refractivity contribution in [2.24, 2.45) is 0 Å². The molecule has 4 rings (SSSR count). The summed E-state index contributed by atoms with van der Waals surface area (Å²) in [6.07, 6.45) is 2.08. The van der Waals surface area contributed by atoms with E-state index in [4.69, 9.17) is 9.72 Å². The van der Waals surface area contributed by atoms with Crippen molar-refractivity contribution in [3.05, 3.63) is 64.0 Å². The zero-order chi connectivity index (χ0) is 21.3. The number of rotatable bonds is 5. The number of carbonyl (C=O) groups is 1. The topological polar surface area (TPSA) is 42.4 Å². The van der Waals surface area contributed by atoms with Gasteiger partial charge in [-0.25, -0.2) is 4.98 Å². The van der Waals surface area contributed by atoms with E-state index in [0.717, 1.165) is 46.1 Å². The van der Waals surface area contributed by atoms with Crippen molar-refractivity contribution in [3.63, 3.8) is 0 Å². The fraction of sp³-hybridized carbons (Fsp3) is 0.360. The molecule has 1 aliphatic heterocycles. The second-order valence-electron chi connectivity index (χ2n) is 8.77. The van der Waals surface area contributed by atoms with E-state index in [-0.39, 0.29) is 17.9 Å². The van der Waals surface area contributed by atoms with Gasteiger partial charge in [-0.2, -0.15) is 0 Å². The maximum atomic E-state index is 12.7. The molecule has 0 N–H and O–H groups in total. The van der Waals surface area contributed by atoms with Gasteiger partial charge in [0.2, 0.25) is 0 Å². The molecule has 0 spiro atoms. The van der Waals surface area contributed by atoms with E-state index < -0.39 is 0 Å². The molecule has 156 valence electrons. The number of hydrogen-bond acceptors (Lipinski definition) is 4. The minimum absolute atomic E-state index is 0.0236. The van der Waals surface area contributed by atoms with E-state index in [1.54, 1.807) is 11.3 Å². The van der Waals surface area contributed by atoms with Crippen molar-refractivity contribution in [1.29, 1.82) is 0 Å². The van der Waals surface area contributed by atoms with Crippen molar-refractivity contribution >= 4 is 22.9 Å². The van der Waals surface area contributed by atoms with Gasteiger partial charge in [-0.1, -0.05) is 52.0 Å². The van der Waals surface area contributed by atoms with Crippen molar-refractivity contribution in [3.8, 4) is 17.0 Å². The molecule has 0 saturated carbocycles. The quantitative estimate of drug-likeness (QED) is 0.509. The van der Waals surface area contributed by atoms with E-state index >= 15 is 0 Å². The first kappa shape index (κ1) is 20.6. The lowest BCUT2D eigenvalue weighted by molar-refractivity contribution is -0.121. The SMILES string of the molecule is CCCc1nc(-c2ccc3c(c2)N(Cc2ccc(C(C)(C)C)cc2)C(=O)CO3)cs1. The van der Waals surface area contributed by atoms with Crippen molar-refractivity contribution in [2.75, 3.05) is 11.5 Å². The summed E-state index contributed by atoms with van der Waals surface area (Å²) in [6.45, 7) is 9.38. The number of anilines is 1. The predicted octanol–water partition coefficient (Wildman–Crippen LogP) is 5.99. The number of hydrogen-bond donors (Lipinski definition) is 0. The molecule has 2 aromatic carbocycles. The second kappa shape index (κ2) is 8.23. The van der Waals surface area contributed by atoms with E-state index in [1.807, 2.05) is 23.1 Å². The van der Waals surface area contributed by atoms with Crippen LogP contribution in [0, 0.1) is 0 Å². The highest BCUT2D eigenvalue weighted by Crippen LogP contribution is 2.37. The van der Waals surface area contributed by atoms with Crippen molar-refractivity contribution in [1.82, 2.24) is 4.98 Å². The van der Waals surface area contributed by atoms with Crippen molar-refractivity contribution < 1.29 is 9.53 Å². The number of ether oxygens (including phenoxy) is 1. The van der Waals surface area contributed by atoms with Crippen LogP contribution in [0.5, 0.6) is 5.75 Å². The molecule has 2 heterocycles. The largest absolute Gasteiger partial charge is 0.482 e. The fourth-order valence-corrected chi connectivity index (χ4v) is 4.51. The third-order valence-corrected chi connectivity index (χ3v) is 6.28. The summed E-state index contributed by atoms with van der Waals surface area (Å²) in [6, 6.07) is 14.5. The van der Waals surface area contributed by atoms with E-state index in [1.165, 1.54) is 5.56 Å². The van der Waals surface area contributed by atoms with Gasteiger partial charge in [-0.05, 0) is 47.6 Å².